The second-order valence-electron chi connectivity index (χ2n) is 4.77. The van der Waals surface area contributed by atoms with Crippen molar-refractivity contribution in [3.8, 4) is 17.6 Å². The number of rotatable bonds is 7. The van der Waals surface area contributed by atoms with E-state index in [0.29, 0.717) is 19.7 Å². The number of sulfone groups is 1. The van der Waals surface area contributed by atoms with E-state index in [2.05, 4.69) is 11.8 Å². The Kier molecular flexibility index (Phi) is 7.23. The molecule has 0 heterocycles. The third-order valence-electron chi connectivity index (χ3n) is 2.75. The molecular weight excluding hydrogens is 290 g/mol. The highest BCUT2D eigenvalue weighted by molar-refractivity contribution is 7.90. The first-order valence-electron chi connectivity index (χ1n) is 6.59. The van der Waals surface area contributed by atoms with Gasteiger partial charge in [0.25, 0.3) is 0 Å². The Balaban J connectivity index is 2.32. The van der Waals surface area contributed by atoms with Gasteiger partial charge in [0.15, 0.2) is 0 Å². The lowest BCUT2D eigenvalue weighted by atomic mass is 10.2. The number of hydrogen-bond acceptors (Lipinski definition) is 5. The van der Waals surface area contributed by atoms with Crippen LogP contribution in [0.15, 0.2) is 24.3 Å². The van der Waals surface area contributed by atoms with Crippen LogP contribution < -0.4 is 4.74 Å². The van der Waals surface area contributed by atoms with Crippen LogP contribution in [0.3, 0.4) is 0 Å². The molecule has 0 aliphatic rings. The smallest absolute Gasteiger partial charge is 0.148 e. The zero-order valence-electron chi connectivity index (χ0n) is 12.4. The Morgan fingerprint density at radius 3 is 2.48 bits per heavy atom. The second-order valence-corrected chi connectivity index (χ2v) is 7.03. The summed E-state index contributed by atoms with van der Waals surface area (Å²) in [6.45, 7) is 1.49. The molecule has 0 spiro atoms. The summed E-state index contributed by atoms with van der Waals surface area (Å²) in [5.74, 6) is 6.27. The summed E-state index contributed by atoms with van der Waals surface area (Å²) in [5, 5.41) is 8.60. The van der Waals surface area contributed by atoms with Gasteiger partial charge in [-0.05, 0) is 31.3 Å². The predicted octanol–water partition coefficient (Wildman–Crippen LogP) is 0.386. The van der Waals surface area contributed by atoms with Crippen LogP contribution >= 0.6 is 0 Å². The summed E-state index contributed by atoms with van der Waals surface area (Å²) in [4.78, 5) is 1.92. The Bertz CT molecular complexity index is 584. The number of aliphatic hydroxyl groups is 1. The molecule has 1 N–H and O–H groups in total. The van der Waals surface area contributed by atoms with Gasteiger partial charge in [-0.15, -0.1) is 0 Å². The van der Waals surface area contributed by atoms with Crippen molar-refractivity contribution >= 4 is 9.84 Å². The predicted molar refractivity (Wildman–Crippen MR) is 83.1 cm³/mol. The molecule has 0 unspecified atom stereocenters. The zero-order chi connectivity index (χ0) is 15.7. The Morgan fingerprint density at radius 1 is 1.24 bits per heavy atom. The van der Waals surface area contributed by atoms with Gasteiger partial charge in [-0.1, -0.05) is 11.8 Å². The highest BCUT2D eigenvalue weighted by Crippen LogP contribution is 2.11. The normalized spacial score (nSPS) is 11.0. The molecule has 0 bridgehead atoms. The summed E-state index contributed by atoms with van der Waals surface area (Å²) in [5.41, 5.74) is 0.821. The van der Waals surface area contributed by atoms with Gasteiger partial charge in [0.05, 0.1) is 5.75 Å². The minimum atomic E-state index is -2.92. The average Bonchev–Trinajstić information content (AvgIpc) is 2.43. The number of hydrogen-bond donors (Lipinski definition) is 1. The van der Waals surface area contributed by atoms with Crippen LogP contribution in [0.1, 0.15) is 5.56 Å². The maximum absolute atomic E-state index is 11.1. The molecule has 5 nitrogen and oxygen atoms in total. The van der Waals surface area contributed by atoms with Crippen LogP contribution in [-0.2, 0) is 9.84 Å². The van der Waals surface area contributed by atoms with Gasteiger partial charge in [-0.3, -0.25) is 0 Å². The fourth-order valence-corrected chi connectivity index (χ4v) is 2.17. The number of ether oxygens (including phenoxy) is 1. The van der Waals surface area contributed by atoms with Gasteiger partial charge in [0, 0.05) is 24.9 Å². The van der Waals surface area contributed by atoms with Crippen LogP contribution in [0, 0.1) is 11.8 Å². The maximum atomic E-state index is 11.1. The van der Waals surface area contributed by atoms with E-state index in [1.807, 2.05) is 36.2 Å². The molecule has 1 rings (SSSR count). The van der Waals surface area contributed by atoms with Crippen molar-refractivity contribution in [1.29, 1.82) is 0 Å². The number of nitrogens with zero attached hydrogens (tertiary/aromatic N) is 1. The third-order valence-corrected chi connectivity index (χ3v) is 3.68. The van der Waals surface area contributed by atoms with Gasteiger partial charge < -0.3 is 14.7 Å². The minimum Gasteiger partial charge on any atom is -0.492 e. The molecule has 0 saturated heterocycles. The second kappa shape index (κ2) is 8.67. The van der Waals surface area contributed by atoms with Crippen molar-refractivity contribution in [3.63, 3.8) is 0 Å². The summed E-state index contributed by atoms with van der Waals surface area (Å²) < 4.78 is 27.7. The quantitative estimate of drug-likeness (QED) is 0.738. The highest BCUT2D eigenvalue weighted by atomic mass is 32.2. The largest absolute Gasteiger partial charge is 0.492 e. The fourth-order valence-electron chi connectivity index (χ4n) is 1.53. The van der Waals surface area contributed by atoms with E-state index < -0.39 is 9.84 Å². The van der Waals surface area contributed by atoms with Crippen molar-refractivity contribution in [2.75, 3.05) is 45.4 Å². The van der Waals surface area contributed by atoms with Crippen LogP contribution in [-0.4, -0.2) is 63.8 Å². The molecule has 1 aromatic carbocycles. The van der Waals surface area contributed by atoms with Gasteiger partial charge >= 0.3 is 0 Å². The summed E-state index contributed by atoms with van der Waals surface area (Å²) >= 11 is 0. The molecule has 0 radical (unpaired) electrons. The van der Waals surface area contributed by atoms with E-state index in [1.165, 1.54) is 6.26 Å². The van der Waals surface area contributed by atoms with E-state index in [1.54, 1.807) is 0 Å². The molecule has 1 aromatic rings. The SMILES string of the molecule is CN(CCOc1ccc(C#CCO)cc1)CCS(C)(=O)=O. The van der Waals surface area contributed by atoms with E-state index in [4.69, 9.17) is 9.84 Å². The van der Waals surface area contributed by atoms with Gasteiger partial charge in [-0.25, -0.2) is 8.42 Å². The van der Waals surface area contributed by atoms with Crippen molar-refractivity contribution < 1.29 is 18.3 Å². The van der Waals surface area contributed by atoms with E-state index >= 15 is 0 Å². The van der Waals surface area contributed by atoms with Crippen LogP contribution in [0.5, 0.6) is 5.75 Å². The lowest BCUT2D eigenvalue weighted by Gasteiger charge is -2.16. The topological polar surface area (TPSA) is 66.8 Å². The lowest BCUT2D eigenvalue weighted by molar-refractivity contribution is 0.244. The van der Waals surface area contributed by atoms with Crippen molar-refractivity contribution in [1.82, 2.24) is 4.90 Å². The van der Waals surface area contributed by atoms with Crippen molar-refractivity contribution in [2.45, 2.75) is 0 Å². The van der Waals surface area contributed by atoms with Gasteiger partial charge in [0.2, 0.25) is 0 Å². The average molecular weight is 311 g/mol. The molecule has 0 aliphatic heterocycles. The highest BCUT2D eigenvalue weighted by Gasteiger charge is 2.05. The molecule has 6 heteroatoms. The number of aliphatic hydroxyl groups excluding tert-OH is 1. The summed E-state index contributed by atoms with van der Waals surface area (Å²) in [6.07, 6.45) is 1.23. The van der Waals surface area contributed by atoms with E-state index in [0.717, 1.165) is 11.3 Å². The molecule has 0 saturated carbocycles. The fraction of sp³-hybridized carbons (Fsp3) is 0.467. The maximum Gasteiger partial charge on any atom is 0.148 e. The third kappa shape index (κ3) is 8.35. The lowest BCUT2D eigenvalue weighted by Crippen LogP contribution is -2.29. The Labute approximate surface area is 126 Å². The zero-order valence-corrected chi connectivity index (χ0v) is 13.2. The monoisotopic (exact) mass is 311 g/mol. The standard InChI is InChI=1S/C15H21NO4S/c1-16(10-13-21(2,18)19)9-12-20-15-7-5-14(6-8-15)4-3-11-17/h5-8,17H,9-13H2,1-2H3. The molecule has 0 aliphatic carbocycles. The van der Waals surface area contributed by atoms with Gasteiger partial charge in [0.1, 0.15) is 28.8 Å². The first-order chi connectivity index (χ1) is 9.90. The van der Waals surface area contributed by atoms with Crippen LogP contribution in [0.2, 0.25) is 0 Å². The Hall–Kier alpha value is -1.55. The van der Waals surface area contributed by atoms with E-state index in [-0.39, 0.29) is 12.4 Å². The summed E-state index contributed by atoms with van der Waals surface area (Å²) in [7, 11) is -1.06. The molecule has 0 aromatic heterocycles. The molecule has 0 fully saturated rings. The first kappa shape index (κ1) is 17.5. The molecule has 0 amide bonds. The first-order valence-corrected chi connectivity index (χ1v) is 8.65. The molecule has 116 valence electrons. The van der Waals surface area contributed by atoms with Crippen LogP contribution in [0.4, 0.5) is 0 Å². The van der Waals surface area contributed by atoms with Crippen molar-refractivity contribution in [3.05, 3.63) is 29.8 Å². The van der Waals surface area contributed by atoms with Crippen LogP contribution in [0.25, 0.3) is 0 Å². The van der Waals surface area contributed by atoms with Gasteiger partial charge in [-0.2, -0.15) is 0 Å². The molecule has 0 atom stereocenters. The van der Waals surface area contributed by atoms with Crippen molar-refractivity contribution in [2.24, 2.45) is 0 Å². The summed E-state index contributed by atoms with van der Waals surface area (Å²) in [6, 6.07) is 7.28. The number of likely N-dealkylation sites (N-methyl/N-ethyl adjacent to an activating group) is 1. The minimum absolute atomic E-state index is 0.154. The Morgan fingerprint density at radius 2 is 1.90 bits per heavy atom. The molecular formula is C15H21NO4S. The number of benzene rings is 1. The van der Waals surface area contributed by atoms with E-state index in [9.17, 15) is 8.42 Å². The molecule has 21 heavy (non-hydrogen) atoms.